The second-order valence-corrected chi connectivity index (χ2v) is 6.08. The first-order valence-corrected chi connectivity index (χ1v) is 7.94. The predicted molar refractivity (Wildman–Crippen MR) is 88.9 cm³/mol. The van der Waals surface area contributed by atoms with Crippen LogP contribution in [0.1, 0.15) is 34.1 Å². The quantitative estimate of drug-likeness (QED) is 0.400. The van der Waals surface area contributed by atoms with E-state index in [4.69, 9.17) is 16.7 Å². The molecule has 0 heterocycles. The van der Waals surface area contributed by atoms with Crippen LogP contribution in [0.3, 0.4) is 0 Å². The monoisotopic (exact) mass is 298 g/mol. The fourth-order valence-electron chi connectivity index (χ4n) is 2.07. The Hall–Kier alpha value is -0.710. The van der Waals surface area contributed by atoms with Gasteiger partial charge in [0.2, 0.25) is 0 Å². The Morgan fingerprint density at radius 3 is 2.24 bits per heavy atom. The molecule has 0 rings (SSSR count). The predicted octanol–water partition coefficient (Wildman–Crippen LogP) is -0.147. The third-order valence-electron chi connectivity index (χ3n) is 3.55. The van der Waals surface area contributed by atoms with Crippen molar-refractivity contribution in [2.24, 2.45) is 11.5 Å². The van der Waals surface area contributed by atoms with E-state index in [1.165, 1.54) is 0 Å². The molecule has 0 aliphatic heterocycles. The molecule has 0 saturated carbocycles. The molecule has 0 fully saturated rings. The molecule has 4 atom stereocenters. The van der Waals surface area contributed by atoms with Crippen LogP contribution in [0.5, 0.6) is 0 Å². The van der Waals surface area contributed by atoms with Gasteiger partial charge in [0.05, 0.1) is 6.07 Å². The molecule has 0 aliphatic carbocycles. The second-order valence-electron chi connectivity index (χ2n) is 6.08. The first-order valence-electron chi connectivity index (χ1n) is 7.94. The molecule has 0 amide bonds. The van der Waals surface area contributed by atoms with Gasteiger partial charge in [0.15, 0.2) is 0 Å². The first kappa shape index (κ1) is 20.3. The lowest BCUT2D eigenvalue weighted by Crippen LogP contribution is -2.50. The molecular formula is C15H34N6. The van der Waals surface area contributed by atoms with E-state index in [0.29, 0.717) is 31.1 Å². The minimum absolute atomic E-state index is 0.157. The Balaban J connectivity index is 4.31. The second kappa shape index (κ2) is 11.9. The summed E-state index contributed by atoms with van der Waals surface area (Å²) in [7, 11) is 0. The Morgan fingerprint density at radius 1 is 1.10 bits per heavy atom. The maximum Gasteiger partial charge on any atom is 0.0635 e. The van der Waals surface area contributed by atoms with Crippen molar-refractivity contribution >= 4 is 0 Å². The van der Waals surface area contributed by atoms with Crippen molar-refractivity contribution in [2.45, 2.75) is 58.3 Å². The van der Waals surface area contributed by atoms with Crippen LogP contribution in [-0.2, 0) is 0 Å². The van der Waals surface area contributed by atoms with Crippen LogP contribution in [0.25, 0.3) is 0 Å². The van der Waals surface area contributed by atoms with E-state index in [0.717, 1.165) is 26.2 Å². The van der Waals surface area contributed by atoms with Crippen molar-refractivity contribution < 1.29 is 0 Å². The summed E-state index contributed by atoms with van der Waals surface area (Å²) in [6, 6.07) is 3.42. The Bertz CT molecular complexity index is 288. The molecule has 6 N–H and O–H groups in total. The first-order chi connectivity index (χ1) is 9.90. The van der Waals surface area contributed by atoms with Crippen LogP contribution in [-0.4, -0.2) is 61.8 Å². The normalized spacial score (nSPS) is 17.2. The lowest BCUT2D eigenvalue weighted by molar-refractivity contribution is 0.187. The van der Waals surface area contributed by atoms with Gasteiger partial charge in [0, 0.05) is 63.3 Å². The lowest BCUT2D eigenvalue weighted by atomic mass is 10.2. The minimum Gasteiger partial charge on any atom is -0.329 e. The molecule has 0 aromatic heterocycles. The summed E-state index contributed by atoms with van der Waals surface area (Å²) < 4.78 is 0. The molecule has 0 aromatic rings. The molecule has 6 nitrogen and oxygen atoms in total. The molecule has 21 heavy (non-hydrogen) atoms. The molecule has 124 valence electrons. The van der Waals surface area contributed by atoms with Crippen molar-refractivity contribution in [3.63, 3.8) is 0 Å². The number of hydrogen-bond acceptors (Lipinski definition) is 6. The highest BCUT2D eigenvalue weighted by Gasteiger charge is 2.17. The van der Waals surface area contributed by atoms with E-state index in [9.17, 15) is 0 Å². The zero-order chi connectivity index (χ0) is 16.3. The number of nitrogens with zero attached hydrogens (tertiary/aromatic N) is 2. The van der Waals surface area contributed by atoms with Crippen LogP contribution >= 0.6 is 0 Å². The number of hydrogen-bond donors (Lipinski definition) is 4. The zero-order valence-corrected chi connectivity index (χ0v) is 14.1. The molecule has 0 radical (unpaired) electrons. The molecule has 0 bridgehead atoms. The van der Waals surface area contributed by atoms with Gasteiger partial charge in [-0.3, -0.25) is 4.90 Å². The van der Waals surface area contributed by atoms with E-state index < -0.39 is 0 Å². The summed E-state index contributed by atoms with van der Waals surface area (Å²) in [5.74, 6) is 0. The van der Waals surface area contributed by atoms with E-state index >= 15 is 0 Å². The highest BCUT2D eigenvalue weighted by Crippen LogP contribution is 2.02. The fourth-order valence-corrected chi connectivity index (χ4v) is 2.07. The van der Waals surface area contributed by atoms with Gasteiger partial charge in [0.25, 0.3) is 0 Å². The van der Waals surface area contributed by atoms with Crippen molar-refractivity contribution in [1.82, 2.24) is 15.5 Å². The minimum atomic E-state index is 0.157. The molecule has 0 saturated heterocycles. The van der Waals surface area contributed by atoms with E-state index in [1.807, 2.05) is 6.92 Å². The molecule has 0 spiro atoms. The Kier molecular flexibility index (Phi) is 11.5. The van der Waals surface area contributed by atoms with E-state index in [2.05, 4.69) is 42.4 Å². The number of rotatable bonds is 12. The van der Waals surface area contributed by atoms with Crippen LogP contribution < -0.4 is 22.1 Å². The van der Waals surface area contributed by atoms with Crippen LogP contribution in [0.4, 0.5) is 0 Å². The van der Waals surface area contributed by atoms with Crippen molar-refractivity contribution in [1.29, 1.82) is 5.26 Å². The molecule has 0 aliphatic rings. The average molecular weight is 298 g/mol. The van der Waals surface area contributed by atoms with Gasteiger partial charge in [-0.25, -0.2) is 0 Å². The van der Waals surface area contributed by atoms with Gasteiger partial charge < -0.3 is 22.1 Å². The zero-order valence-electron chi connectivity index (χ0n) is 14.1. The van der Waals surface area contributed by atoms with Gasteiger partial charge in [-0.15, -0.1) is 0 Å². The summed E-state index contributed by atoms with van der Waals surface area (Å²) in [5.41, 5.74) is 11.4. The van der Waals surface area contributed by atoms with Gasteiger partial charge in [-0.1, -0.05) is 0 Å². The van der Waals surface area contributed by atoms with Crippen molar-refractivity contribution in [3.8, 4) is 6.07 Å². The average Bonchev–Trinajstić information content (AvgIpc) is 2.46. The van der Waals surface area contributed by atoms with Crippen LogP contribution in [0.2, 0.25) is 0 Å². The summed E-state index contributed by atoms with van der Waals surface area (Å²) >= 11 is 0. The van der Waals surface area contributed by atoms with Gasteiger partial charge in [0.1, 0.15) is 0 Å². The topological polar surface area (TPSA) is 103 Å². The highest BCUT2D eigenvalue weighted by atomic mass is 15.2. The summed E-state index contributed by atoms with van der Waals surface area (Å²) in [6.07, 6.45) is 0.552. The van der Waals surface area contributed by atoms with E-state index in [-0.39, 0.29) is 6.04 Å². The summed E-state index contributed by atoms with van der Waals surface area (Å²) in [6.45, 7) is 12.4. The fraction of sp³-hybridized carbons (Fsp3) is 0.933. The Morgan fingerprint density at radius 2 is 1.71 bits per heavy atom. The third-order valence-corrected chi connectivity index (χ3v) is 3.55. The maximum absolute atomic E-state index is 8.82. The smallest absolute Gasteiger partial charge is 0.0635 e. The molecule has 4 unspecified atom stereocenters. The van der Waals surface area contributed by atoms with E-state index in [1.54, 1.807) is 0 Å². The molecule has 0 aromatic carbocycles. The molecule has 6 heteroatoms. The number of nitrogens with one attached hydrogen (secondary N) is 2. The largest absolute Gasteiger partial charge is 0.329 e. The standard InChI is InChI=1S/C15H34N6/c1-12(18)9-19-14(3)11-21(7-5-6-16)15(4)10-20-13(2)8-17/h12-15,19-20H,5,7-11,17-18H2,1-4H3. The highest BCUT2D eigenvalue weighted by molar-refractivity contribution is 4.80. The van der Waals surface area contributed by atoms with Crippen LogP contribution in [0.15, 0.2) is 0 Å². The molecular weight excluding hydrogens is 264 g/mol. The van der Waals surface area contributed by atoms with Gasteiger partial charge >= 0.3 is 0 Å². The van der Waals surface area contributed by atoms with Gasteiger partial charge in [-0.05, 0) is 27.7 Å². The van der Waals surface area contributed by atoms with Gasteiger partial charge in [-0.2, -0.15) is 5.26 Å². The van der Waals surface area contributed by atoms with Crippen molar-refractivity contribution in [2.75, 3.05) is 32.7 Å². The number of nitriles is 1. The lowest BCUT2D eigenvalue weighted by Gasteiger charge is -2.32. The SMILES string of the molecule is CC(N)CNC(C)CN(CCC#N)C(C)CNC(C)CN. The summed E-state index contributed by atoms with van der Waals surface area (Å²) in [5, 5.41) is 15.7. The summed E-state index contributed by atoms with van der Waals surface area (Å²) in [4.78, 5) is 2.35. The Labute approximate surface area is 130 Å². The van der Waals surface area contributed by atoms with Crippen molar-refractivity contribution in [3.05, 3.63) is 0 Å². The maximum atomic E-state index is 8.82. The number of nitrogens with two attached hydrogens (primary N) is 2. The third kappa shape index (κ3) is 10.6. The van der Waals surface area contributed by atoms with Crippen LogP contribution in [0, 0.1) is 11.3 Å².